The summed E-state index contributed by atoms with van der Waals surface area (Å²) in [6.45, 7) is 6.57. The fourth-order valence-corrected chi connectivity index (χ4v) is 3.67. The van der Waals surface area contributed by atoms with Gasteiger partial charge in [0.25, 0.3) is 0 Å². The number of benzene rings is 1. The molecular formula is C18H21Cl2NO3. The molecule has 0 spiro atoms. The Balaban J connectivity index is 1.88. The molecule has 1 saturated heterocycles. The van der Waals surface area contributed by atoms with E-state index in [1.807, 2.05) is 32.9 Å². The Morgan fingerprint density at radius 3 is 2.67 bits per heavy atom. The van der Waals surface area contributed by atoms with E-state index in [1.54, 1.807) is 11.0 Å². The van der Waals surface area contributed by atoms with Crippen LogP contribution in [-0.2, 0) is 9.47 Å². The monoisotopic (exact) mass is 369 g/mol. The summed E-state index contributed by atoms with van der Waals surface area (Å²) < 4.78 is 11.2. The molecule has 0 aliphatic carbocycles. The minimum atomic E-state index is -0.518. The molecule has 130 valence electrons. The maximum Gasteiger partial charge on any atom is 0.411 e. The second-order valence-electron chi connectivity index (χ2n) is 7.17. The van der Waals surface area contributed by atoms with Crippen molar-refractivity contribution in [3.63, 3.8) is 0 Å². The molecule has 6 heteroatoms. The summed E-state index contributed by atoms with van der Waals surface area (Å²) in [5.74, 6) is 0. The topological polar surface area (TPSA) is 38.8 Å². The molecule has 3 rings (SSSR count). The van der Waals surface area contributed by atoms with Gasteiger partial charge in [0.1, 0.15) is 5.60 Å². The Morgan fingerprint density at radius 1 is 1.29 bits per heavy atom. The molecule has 0 radical (unpaired) electrons. The van der Waals surface area contributed by atoms with Crippen LogP contribution in [0.3, 0.4) is 0 Å². The van der Waals surface area contributed by atoms with E-state index in [-0.39, 0.29) is 18.2 Å². The molecule has 2 aliphatic rings. The molecule has 0 aromatic heterocycles. The Labute approximate surface area is 152 Å². The number of hydrogen-bond acceptors (Lipinski definition) is 3. The number of amides is 1. The number of hydrogen-bond donors (Lipinski definition) is 0. The molecule has 1 fully saturated rings. The van der Waals surface area contributed by atoms with Gasteiger partial charge in [-0.2, -0.15) is 0 Å². The van der Waals surface area contributed by atoms with E-state index in [4.69, 9.17) is 32.7 Å². The number of ether oxygens (including phenoxy) is 2. The third kappa shape index (κ3) is 3.71. The molecule has 2 atom stereocenters. The highest BCUT2D eigenvalue weighted by Gasteiger charge is 2.40. The van der Waals surface area contributed by atoms with Crippen LogP contribution in [0.2, 0.25) is 10.0 Å². The van der Waals surface area contributed by atoms with Crippen LogP contribution in [0.1, 0.15) is 32.8 Å². The van der Waals surface area contributed by atoms with Crippen LogP contribution < -0.4 is 0 Å². The van der Waals surface area contributed by atoms with E-state index < -0.39 is 5.60 Å². The zero-order valence-electron chi connectivity index (χ0n) is 14.0. The van der Waals surface area contributed by atoms with Crippen LogP contribution in [0.5, 0.6) is 0 Å². The van der Waals surface area contributed by atoms with Crippen molar-refractivity contribution in [3.8, 4) is 0 Å². The third-order valence-corrected chi connectivity index (χ3v) is 4.63. The van der Waals surface area contributed by atoms with Crippen molar-refractivity contribution in [2.75, 3.05) is 13.2 Å². The highest BCUT2D eigenvalue weighted by atomic mass is 35.5. The van der Waals surface area contributed by atoms with Gasteiger partial charge in [-0.25, -0.2) is 4.79 Å². The first-order valence-electron chi connectivity index (χ1n) is 8.00. The lowest BCUT2D eigenvalue weighted by atomic mass is 9.90. The van der Waals surface area contributed by atoms with Crippen LogP contribution in [-0.4, -0.2) is 41.9 Å². The van der Waals surface area contributed by atoms with Crippen LogP contribution in [0.25, 0.3) is 5.57 Å². The molecule has 2 aliphatic heterocycles. The molecule has 24 heavy (non-hydrogen) atoms. The lowest BCUT2D eigenvalue weighted by Gasteiger charge is -2.44. The zero-order chi connectivity index (χ0) is 17.5. The molecule has 0 saturated carbocycles. The summed E-state index contributed by atoms with van der Waals surface area (Å²) >= 11 is 12.3. The average Bonchev–Trinajstić information content (AvgIpc) is 2.44. The molecule has 1 aromatic carbocycles. The first-order chi connectivity index (χ1) is 11.2. The molecule has 1 amide bonds. The smallest absolute Gasteiger partial charge is 0.411 e. The molecule has 1 aromatic rings. The largest absolute Gasteiger partial charge is 0.444 e. The van der Waals surface area contributed by atoms with Gasteiger partial charge in [0.05, 0.1) is 25.3 Å². The van der Waals surface area contributed by atoms with Crippen LogP contribution in [0.15, 0.2) is 24.3 Å². The Hall–Kier alpha value is -1.23. The van der Waals surface area contributed by atoms with Crippen LogP contribution in [0, 0.1) is 0 Å². The number of morpholine rings is 1. The summed E-state index contributed by atoms with van der Waals surface area (Å²) in [5.41, 5.74) is 1.56. The molecule has 2 bridgehead atoms. The Bertz CT molecular complexity index is 681. The summed E-state index contributed by atoms with van der Waals surface area (Å²) in [4.78, 5) is 14.4. The number of nitrogens with zero attached hydrogens (tertiary/aromatic N) is 1. The maximum absolute atomic E-state index is 12.6. The summed E-state index contributed by atoms with van der Waals surface area (Å²) in [7, 11) is 0. The van der Waals surface area contributed by atoms with Gasteiger partial charge >= 0.3 is 6.09 Å². The third-order valence-electron chi connectivity index (χ3n) is 4.08. The van der Waals surface area contributed by atoms with Crippen LogP contribution >= 0.6 is 23.2 Å². The highest BCUT2D eigenvalue weighted by molar-refractivity contribution is 6.35. The van der Waals surface area contributed by atoms with E-state index in [0.717, 1.165) is 11.1 Å². The van der Waals surface area contributed by atoms with Gasteiger partial charge in [-0.1, -0.05) is 35.3 Å². The standard InChI is InChI=1S/C18H21Cl2NO3/c1-18(2,3)24-17(22)21-13-6-11(7-14(21)10-23-9-13)15-5-4-12(19)8-16(15)20/h4-6,8,13-14H,7,9-10H2,1-3H3. The maximum atomic E-state index is 12.6. The predicted octanol–water partition coefficient (Wildman–Crippen LogP) is 4.79. The van der Waals surface area contributed by atoms with E-state index in [1.165, 1.54) is 0 Å². The van der Waals surface area contributed by atoms with Crippen molar-refractivity contribution in [1.82, 2.24) is 4.90 Å². The summed E-state index contributed by atoms with van der Waals surface area (Å²) in [6, 6.07) is 5.30. The van der Waals surface area contributed by atoms with Gasteiger partial charge in [-0.3, -0.25) is 4.90 Å². The number of carbonyl (C=O) groups is 1. The molecule has 2 unspecified atom stereocenters. The lowest BCUT2D eigenvalue weighted by Crippen LogP contribution is -2.57. The fourth-order valence-electron chi connectivity index (χ4n) is 3.14. The minimum absolute atomic E-state index is 0.0506. The number of carbonyl (C=O) groups excluding carboxylic acids is 1. The van der Waals surface area contributed by atoms with Gasteiger partial charge in [-0.05, 0) is 50.5 Å². The van der Waals surface area contributed by atoms with Crippen molar-refractivity contribution in [1.29, 1.82) is 0 Å². The number of fused-ring (bicyclic) bond motifs is 2. The normalized spacial score (nSPS) is 23.7. The SMILES string of the molecule is CC(C)(C)OC(=O)N1C2C=C(c3ccc(Cl)cc3Cl)CC1COC2. The van der Waals surface area contributed by atoms with Crippen LogP contribution in [0.4, 0.5) is 4.79 Å². The van der Waals surface area contributed by atoms with Crippen molar-refractivity contribution in [2.24, 2.45) is 0 Å². The summed E-state index contributed by atoms with van der Waals surface area (Å²) in [5, 5.41) is 1.23. The van der Waals surface area contributed by atoms with E-state index in [0.29, 0.717) is 29.7 Å². The summed E-state index contributed by atoms with van der Waals surface area (Å²) in [6.07, 6.45) is 2.43. The van der Waals surface area contributed by atoms with Crippen molar-refractivity contribution >= 4 is 34.9 Å². The Kier molecular flexibility index (Phi) is 4.82. The first kappa shape index (κ1) is 17.6. The Morgan fingerprint density at radius 2 is 2.04 bits per heavy atom. The van der Waals surface area contributed by atoms with Gasteiger partial charge < -0.3 is 9.47 Å². The zero-order valence-corrected chi connectivity index (χ0v) is 15.5. The van der Waals surface area contributed by atoms with Crippen molar-refractivity contribution in [3.05, 3.63) is 39.9 Å². The van der Waals surface area contributed by atoms with Crippen molar-refractivity contribution < 1.29 is 14.3 Å². The van der Waals surface area contributed by atoms with Gasteiger partial charge in [0.15, 0.2) is 0 Å². The fraction of sp³-hybridized carbons (Fsp3) is 0.500. The molecule has 2 heterocycles. The number of halogens is 2. The average molecular weight is 370 g/mol. The first-order valence-corrected chi connectivity index (χ1v) is 8.75. The minimum Gasteiger partial charge on any atom is -0.444 e. The highest BCUT2D eigenvalue weighted by Crippen LogP contribution is 2.36. The second-order valence-corrected chi connectivity index (χ2v) is 8.01. The van der Waals surface area contributed by atoms with Crippen molar-refractivity contribution in [2.45, 2.75) is 44.9 Å². The van der Waals surface area contributed by atoms with Gasteiger partial charge in [0.2, 0.25) is 0 Å². The molecular weight excluding hydrogens is 349 g/mol. The van der Waals surface area contributed by atoms with Gasteiger partial charge in [-0.15, -0.1) is 0 Å². The van der Waals surface area contributed by atoms with E-state index in [9.17, 15) is 4.79 Å². The molecule has 4 nitrogen and oxygen atoms in total. The lowest BCUT2D eigenvalue weighted by molar-refractivity contribution is -0.0510. The van der Waals surface area contributed by atoms with E-state index in [2.05, 4.69) is 6.08 Å². The number of rotatable bonds is 1. The quantitative estimate of drug-likeness (QED) is 0.714. The predicted molar refractivity (Wildman–Crippen MR) is 95.5 cm³/mol. The van der Waals surface area contributed by atoms with Gasteiger partial charge in [0, 0.05) is 10.0 Å². The second kappa shape index (κ2) is 6.58. The molecule has 0 N–H and O–H groups in total. The van der Waals surface area contributed by atoms with E-state index >= 15 is 0 Å².